The fourth-order valence-corrected chi connectivity index (χ4v) is 10.6. The molecule has 12 rings (SSSR count). The lowest BCUT2D eigenvalue weighted by Crippen LogP contribution is -2.33. The van der Waals surface area contributed by atoms with Crippen molar-refractivity contribution >= 4 is 61.1 Å². The molecule has 0 saturated heterocycles. The van der Waals surface area contributed by atoms with Crippen LogP contribution in [-0.4, -0.2) is 24.1 Å². The molecule has 5 aromatic carbocycles. The van der Waals surface area contributed by atoms with Crippen molar-refractivity contribution < 1.29 is 0 Å². The molecule has 6 nitrogen and oxygen atoms in total. The molecular weight excluding hydrogens is 681 g/mol. The molecule has 0 amide bonds. The lowest BCUT2D eigenvalue weighted by atomic mass is 9.67. The van der Waals surface area contributed by atoms with E-state index in [4.69, 9.17) is 16.5 Å². The van der Waals surface area contributed by atoms with Crippen LogP contribution in [-0.2, 0) is 5.41 Å². The number of nitrogens with zero attached hydrogens (tertiary/aromatic N) is 6. The molecular formula is C47H26N6S. The zero-order valence-corrected chi connectivity index (χ0v) is 29.4. The van der Waals surface area contributed by atoms with Crippen LogP contribution in [0.5, 0.6) is 0 Å². The van der Waals surface area contributed by atoms with Gasteiger partial charge in [-0.3, -0.25) is 15.0 Å². The summed E-state index contributed by atoms with van der Waals surface area (Å²) in [5, 5.41) is 4.57. The maximum Gasteiger partial charge on any atom is 0.188 e. The van der Waals surface area contributed by atoms with Crippen LogP contribution in [0.4, 0.5) is 5.69 Å². The number of hydrogen-bond donors (Lipinski definition) is 0. The second kappa shape index (κ2) is 10.8. The topological polar surface area (TPSA) is 52.9 Å². The standard InChI is InChI=1S/C47H26N6S/c1-48-28-17-20-39-33(25-28)31-10-3-5-14-38(31)53(39)40-15-6-16-42-44(40)47(35-11-7-22-50-45(35)46-36(47)12-8-23-51-46)34-19-18-29(26-43(34)54-42)52-37-13-4-2-9-30(37)32-21-24-49-27-41(32)52/h2-27H. The fourth-order valence-electron chi connectivity index (χ4n) is 9.35. The normalized spacial score (nSPS) is 13.6. The number of rotatable bonds is 2. The second-order valence-electron chi connectivity index (χ2n) is 13.9. The first-order valence-corrected chi connectivity index (χ1v) is 18.7. The summed E-state index contributed by atoms with van der Waals surface area (Å²) < 4.78 is 4.74. The Labute approximate surface area is 313 Å². The number of fused-ring (bicyclic) bond motifs is 15. The summed E-state index contributed by atoms with van der Waals surface area (Å²) >= 11 is 1.82. The first-order chi connectivity index (χ1) is 26.8. The SMILES string of the molecule is [C-]#[N+]c1ccc2c(c1)c1ccccc1n2-c1cccc2c1C1(c3ccc(-n4c5ccccc5c5ccncc54)cc3S2)c2cccnc2-c2ncccc21. The third kappa shape index (κ3) is 3.67. The fraction of sp³-hybridized carbons (Fsp3) is 0.0213. The molecule has 5 aromatic heterocycles. The molecule has 0 unspecified atom stereocenters. The Hall–Kier alpha value is -7.01. The van der Waals surface area contributed by atoms with Gasteiger partial charge in [-0.15, -0.1) is 0 Å². The van der Waals surface area contributed by atoms with Crippen LogP contribution in [0.1, 0.15) is 22.3 Å². The molecule has 6 heterocycles. The van der Waals surface area contributed by atoms with Crippen LogP contribution >= 0.6 is 11.8 Å². The molecule has 0 atom stereocenters. The highest BCUT2D eigenvalue weighted by Crippen LogP contribution is 2.63. The van der Waals surface area contributed by atoms with Crippen LogP contribution < -0.4 is 0 Å². The average molecular weight is 707 g/mol. The van der Waals surface area contributed by atoms with Crippen molar-refractivity contribution in [2.75, 3.05) is 0 Å². The predicted molar refractivity (Wildman–Crippen MR) is 216 cm³/mol. The van der Waals surface area contributed by atoms with Crippen LogP contribution in [0.2, 0.25) is 0 Å². The molecule has 0 bridgehead atoms. The van der Waals surface area contributed by atoms with Gasteiger partial charge < -0.3 is 9.13 Å². The van der Waals surface area contributed by atoms with Gasteiger partial charge in [-0.1, -0.05) is 78.5 Å². The quantitative estimate of drug-likeness (QED) is 0.168. The van der Waals surface area contributed by atoms with Gasteiger partial charge in [-0.2, -0.15) is 0 Å². The molecule has 7 heteroatoms. The van der Waals surface area contributed by atoms with Crippen molar-refractivity contribution in [3.05, 3.63) is 192 Å². The molecule has 1 aliphatic carbocycles. The van der Waals surface area contributed by atoms with Crippen LogP contribution in [0, 0.1) is 6.57 Å². The van der Waals surface area contributed by atoms with Gasteiger partial charge in [-0.25, -0.2) is 4.85 Å². The van der Waals surface area contributed by atoms with Gasteiger partial charge in [-0.05, 0) is 88.8 Å². The highest BCUT2D eigenvalue weighted by Gasteiger charge is 2.53. The van der Waals surface area contributed by atoms with E-state index in [2.05, 4.69) is 140 Å². The van der Waals surface area contributed by atoms with Crippen molar-refractivity contribution in [2.24, 2.45) is 0 Å². The van der Waals surface area contributed by atoms with Crippen LogP contribution in [0.25, 0.3) is 71.2 Å². The summed E-state index contributed by atoms with van der Waals surface area (Å²) in [5.74, 6) is 0. The van der Waals surface area contributed by atoms with Gasteiger partial charge in [0.2, 0.25) is 0 Å². The minimum absolute atomic E-state index is 0.632. The van der Waals surface area contributed by atoms with E-state index in [0.29, 0.717) is 5.69 Å². The van der Waals surface area contributed by atoms with Crippen molar-refractivity contribution in [3.63, 3.8) is 0 Å². The van der Waals surface area contributed by atoms with Crippen molar-refractivity contribution in [2.45, 2.75) is 15.2 Å². The van der Waals surface area contributed by atoms with E-state index in [1.807, 2.05) is 48.7 Å². The average Bonchev–Trinajstić information content (AvgIpc) is 3.85. The summed E-state index contributed by atoms with van der Waals surface area (Å²) in [6.45, 7) is 7.78. The second-order valence-corrected chi connectivity index (χ2v) is 15.0. The van der Waals surface area contributed by atoms with Crippen molar-refractivity contribution in [1.29, 1.82) is 0 Å². The Kier molecular flexibility index (Phi) is 5.89. The predicted octanol–water partition coefficient (Wildman–Crippen LogP) is 11.4. The van der Waals surface area contributed by atoms with E-state index >= 15 is 0 Å². The molecule has 0 N–H and O–H groups in total. The molecule has 0 saturated carbocycles. The molecule has 10 aromatic rings. The first kappa shape index (κ1) is 29.6. The molecule has 0 radical (unpaired) electrons. The monoisotopic (exact) mass is 706 g/mol. The van der Waals surface area contributed by atoms with Crippen LogP contribution in [0.15, 0.2) is 168 Å². The van der Waals surface area contributed by atoms with E-state index < -0.39 is 5.41 Å². The Morgan fingerprint density at radius 1 is 0.537 bits per heavy atom. The number of benzene rings is 5. The van der Waals surface area contributed by atoms with E-state index in [9.17, 15) is 0 Å². The van der Waals surface area contributed by atoms with E-state index in [-0.39, 0.29) is 0 Å². The summed E-state index contributed by atoms with van der Waals surface area (Å²) in [6.07, 6.45) is 7.60. The van der Waals surface area contributed by atoms with Gasteiger partial charge in [0, 0.05) is 55.8 Å². The Morgan fingerprint density at radius 2 is 1.24 bits per heavy atom. The molecule has 0 fully saturated rings. The Balaban J connectivity index is 1.21. The van der Waals surface area contributed by atoms with E-state index in [1.165, 1.54) is 31.7 Å². The Morgan fingerprint density at radius 3 is 2.02 bits per heavy atom. The van der Waals surface area contributed by atoms with Crippen molar-refractivity contribution in [3.8, 4) is 22.8 Å². The smallest absolute Gasteiger partial charge is 0.188 e. The summed E-state index contributed by atoms with van der Waals surface area (Å²) in [7, 11) is 0. The molecule has 250 valence electrons. The zero-order valence-electron chi connectivity index (χ0n) is 28.6. The lowest BCUT2D eigenvalue weighted by molar-refractivity contribution is 0.712. The van der Waals surface area contributed by atoms with Gasteiger partial charge in [0.25, 0.3) is 0 Å². The highest BCUT2D eigenvalue weighted by molar-refractivity contribution is 7.99. The largest absolute Gasteiger partial charge is 0.309 e. The van der Waals surface area contributed by atoms with Crippen molar-refractivity contribution in [1.82, 2.24) is 24.1 Å². The maximum absolute atomic E-state index is 7.78. The van der Waals surface area contributed by atoms with Gasteiger partial charge in [0.05, 0.1) is 57.3 Å². The number of hydrogen-bond acceptors (Lipinski definition) is 4. The minimum Gasteiger partial charge on any atom is -0.309 e. The Bertz CT molecular complexity index is 3190. The first-order valence-electron chi connectivity index (χ1n) is 17.9. The molecule has 54 heavy (non-hydrogen) atoms. The van der Waals surface area contributed by atoms with E-state index in [0.717, 1.165) is 66.7 Å². The summed E-state index contributed by atoms with van der Waals surface area (Å²) in [5.41, 5.74) is 13.0. The number of para-hydroxylation sites is 2. The lowest BCUT2D eigenvalue weighted by Gasteiger charge is -2.41. The number of aromatic nitrogens is 5. The zero-order chi connectivity index (χ0) is 35.5. The highest BCUT2D eigenvalue weighted by atomic mass is 32.2. The molecule has 1 spiro atoms. The maximum atomic E-state index is 7.78. The third-order valence-corrected chi connectivity index (χ3v) is 12.5. The minimum atomic E-state index is -0.714. The van der Waals surface area contributed by atoms with E-state index in [1.54, 1.807) is 0 Å². The summed E-state index contributed by atoms with van der Waals surface area (Å²) in [6, 6.07) is 47.5. The number of pyridine rings is 3. The molecule has 1 aliphatic heterocycles. The van der Waals surface area contributed by atoms with Gasteiger partial charge in [0.1, 0.15) is 0 Å². The molecule has 2 aliphatic rings. The summed E-state index contributed by atoms with van der Waals surface area (Å²) in [4.78, 5) is 20.7. The van der Waals surface area contributed by atoms with Gasteiger partial charge in [0.15, 0.2) is 5.69 Å². The third-order valence-electron chi connectivity index (χ3n) is 11.4. The van der Waals surface area contributed by atoms with Crippen LogP contribution in [0.3, 0.4) is 0 Å². The van der Waals surface area contributed by atoms with Gasteiger partial charge >= 0.3 is 0 Å².